The number of amides is 1. The van der Waals surface area contributed by atoms with E-state index >= 15 is 0 Å². The van der Waals surface area contributed by atoms with Crippen LogP contribution in [0, 0.1) is 6.92 Å². The lowest BCUT2D eigenvalue weighted by Gasteiger charge is -2.14. The minimum Gasteiger partial charge on any atom is -0.490 e. The highest BCUT2D eigenvalue weighted by Gasteiger charge is 2.32. The molecule has 3 aromatic rings. The summed E-state index contributed by atoms with van der Waals surface area (Å²) >= 11 is 6.95. The van der Waals surface area contributed by atoms with E-state index in [0.29, 0.717) is 22.4 Å². The number of hydrogen-bond donors (Lipinski definition) is 1. The number of para-hydroxylation sites is 1. The Labute approximate surface area is 263 Å². The number of rotatable bonds is 17. The Morgan fingerprint density at radius 1 is 1.05 bits per heavy atom. The van der Waals surface area contributed by atoms with Crippen LogP contribution >= 0.6 is 24.0 Å². The molecule has 1 aliphatic rings. The van der Waals surface area contributed by atoms with Crippen molar-refractivity contribution >= 4 is 46.3 Å². The molecule has 1 N–H and O–H groups in total. The molecule has 0 unspecified atom stereocenters. The first kappa shape index (κ1) is 32.2. The monoisotopic (exact) mass is 617 g/mol. The molecule has 7 nitrogen and oxygen atoms in total. The quantitative estimate of drug-likeness (QED) is 0.0707. The standard InChI is InChI=1S/C34H39N3O4S2/c1-3-21-41-28-18-19-29(25(2)22-28)32-26(24-37(35-32)27-15-11-10-12-16-27)23-30-33(40)36(34(42)43-30)20-14-9-7-5-4-6-8-13-17-31(38)39/h3,10-12,15-16,18-19,22-24H,1,4-9,13-14,17,20-21H2,2H3,(H,38,39). The lowest BCUT2D eigenvalue weighted by Crippen LogP contribution is -2.29. The number of thiocarbonyl (C=S) groups is 1. The van der Waals surface area contributed by atoms with Crippen LogP contribution < -0.4 is 4.74 Å². The average molecular weight is 618 g/mol. The van der Waals surface area contributed by atoms with Crippen LogP contribution in [0.15, 0.2) is 72.3 Å². The zero-order chi connectivity index (χ0) is 30.6. The summed E-state index contributed by atoms with van der Waals surface area (Å²) in [6.07, 6.45) is 13.9. The highest BCUT2D eigenvalue weighted by atomic mass is 32.2. The molecule has 0 radical (unpaired) electrons. The number of carboxylic acids is 1. The zero-order valence-electron chi connectivity index (χ0n) is 24.7. The first-order valence-corrected chi connectivity index (χ1v) is 16.1. The predicted octanol–water partition coefficient (Wildman–Crippen LogP) is 8.21. The first-order chi connectivity index (χ1) is 20.9. The Hall–Kier alpha value is -3.69. The smallest absolute Gasteiger partial charge is 0.303 e. The summed E-state index contributed by atoms with van der Waals surface area (Å²) in [4.78, 5) is 26.3. The van der Waals surface area contributed by atoms with Crippen molar-refractivity contribution in [3.8, 4) is 22.7 Å². The van der Waals surface area contributed by atoms with Gasteiger partial charge >= 0.3 is 5.97 Å². The zero-order valence-corrected chi connectivity index (χ0v) is 26.3. The van der Waals surface area contributed by atoms with E-state index in [1.807, 2.05) is 72.4 Å². The van der Waals surface area contributed by atoms with Crippen LogP contribution in [-0.2, 0) is 9.59 Å². The average Bonchev–Trinajstić information content (AvgIpc) is 3.53. The van der Waals surface area contributed by atoms with Crippen LogP contribution in [0.5, 0.6) is 5.75 Å². The number of ether oxygens (including phenoxy) is 1. The Bertz CT molecular complexity index is 1470. The summed E-state index contributed by atoms with van der Waals surface area (Å²) in [5, 5.41) is 13.7. The van der Waals surface area contributed by atoms with E-state index in [0.717, 1.165) is 85.2 Å². The van der Waals surface area contributed by atoms with Crippen LogP contribution in [0.2, 0.25) is 0 Å². The highest BCUT2D eigenvalue weighted by molar-refractivity contribution is 8.26. The molecule has 1 fully saturated rings. The number of aromatic nitrogens is 2. The molecule has 1 saturated heterocycles. The Morgan fingerprint density at radius 3 is 2.42 bits per heavy atom. The van der Waals surface area contributed by atoms with Crippen molar-refractivity contribution in [3.63, 3.8) is 0 Å². The molecule has 226 valence electrons. The third-order valence-corrected chi connectivity index (χ3v) is 8.64. The number of aliphatic carboxylic acids is 1. The molecule has 2 heterocycles. The molecule has 43 heavy (non-hydrogen) atoms. The number of hydrogen-bond acceptors (Lipinski definition) is 6. The number of carbonyl (C=O) groups excluding carboxylic acids is 1. The maximum atomic E-state index is 13.4. The fourth-order valence-electron chi connectivity index (χ4n) is 5.00. The number of aryl methyl sites for hydroxylation is 1. The molecule has 1 aliphatic heterocycles. The summed E-state index contributed by atoms with van der Waals surface area (Å²) in [5.41, 5.74) is 4.53. The lowest BCUT2D eigenvalue weighted by atomic mass is 10.0. The van der Waals surface area contributed by atoms with Crippen molar-refractivity contribution in [3.05, 3.63) is 83.4 Å². The molecular weight excluding hydrogens is 579 g/mol. The molecule has 0 bridgehead atoms. The second-order valence-corrected chi connectivity index (χ2v) is 12.3. The van der Waals surface area contributed by atoms with Gasteiger partial charge in [-0.1, -0.05) is 93.4 Å². The van der Waals surface area contributed by atoms with E-state index in [2.05, 4.69) is 6.58 Å². The largest absolute Gasteiger partial charge is 0.490 e. The van der Waals surface area contributed by atoms with Crippen LogP contribution in [-0.4, -0.2) is 49.1 Å². The van der Waals surface area contributed by atoms with Crippen LogP contribution in [0.25, 0.3) is 23.0 Å². The molecule has 0 atom stereocenters. The van der Waals surface area contributed by atoms with Gasteiger partial charge in [-0.15, -0.1) is 0 Å². The SMILES string of the molecule is C=CCOc1ccc(-c2nn(-c3ccccc3)cc2C=C2SC(=S)N(CCCCCCCCCCC(=O)O)C2=O)c(C)c1. The van der Waals surface area contributed by atoms with Gasteiger partial charge in [0.15, 0.2) is 0 Å². The molecule has 9 heteroatoms. The van der Waals surface area contributed by atoms with Crippen LogP contribution in [0.3, 0.4) is 0 Å². The number of unbranched alkanes of at least 4 members (excludes halogenated alkanes) is 7. The summed E-state index contributed by atoms with van der Waals surface area (Å²) in [6, 6.07) is 15.8. The van der Waals surface area contributed by atoms with E-state index < -0.39 is 5.97 Å². The number of benzene rings is 2. The van der Waals surface area contributed by atoms with Crippen molar-refractivity contribution in [2.45, 2.75) is 64.7 Å². The van der Waals surface area contributed by atoms with E-state index in [9.17, 15) is 9.59 Å². The Morgan fingerprint density at radius 2 is 1.74 bits per heavy atom. The second kappa shape index (κ2) is 16.2. The topological polar surface area (TPSA) is 84.7 Å². The van der Waals surface area contributed by atoms with Crippen molar-refractivity contribution in [1.82, 2.24) is 14.7 Å². The van der Waals surface area contributed by atoms with Crippen LogP contribution in [0.4, 0.5) is 0 Å². The van der Waals surface area contributed by atoms with Gasteiger partial charge in [-0.2, -0.15) is 5.10 Å². The number of thioether (sulfide) groups is 1. The first-order valence-electron chi connectivity index (χ1n) is 14.8. The maximum absolute atomic E-state index is 13.4. The van der Waals surface area contributed by atoms with Gasteiger partial charge in [-0.3, -0.25) is 14.5 Å². The molecule has 0 aliphatic carbocycles. The summed E-state index contributed by atoms with van der Waals surface area (Å²) in [5.74, 6) is -0.0118. The number of carbonyl (C=O) groups is 2. The number of nitrogens with zero attached hydrogens (tertiary/aromatic N) is 3. The molecule has 0 saturated carbocycles. The molecule has 4 rings (SSSR count). The molecule has 1 aromatic heterocycles. The van der Waals surface area contributed by atoms with Gasteiger partial charge in [0.05, 0.1) is 10.6 Å². The molecule has 1 amide bonds. The Kier molecular flexibility index (Phi) is 12.2. The molecule has 0 spiro atoms. The van der Waals surface area contributed by atoms with Gasteiger partial charge in [-0.25, -0.2) is 4.68 Å². The van der Waals surface area contributed by atoms with Crippen LogP contribution in [0.1, 0.15) is 68.9 Å². The summed E-state index contributed by atoms with van der Waals surface area (Å²) in [7, 11) is 0. The van der Waals surface area contributed by atoms with E-state index in [1.54, 1.807) is 11.0 Å². The fourth-order valence-corrected chi connectivity index (χ4v) is 6.30. The van der Waals surface area contributed by atoms with Crippen molar-refractivity contribution in [1.29, 1.82) is 0 Å². The van der Waals surface area contributed by atoms with Gasteiger partial charge < -0.3 is 9.84 Å². The van der Waals surface area contributed by atoms with Gasteiger partial charge in [0.1, 0.15) is 22.4 Å². The van der Waals surface area contributed by atoms with Gasteiger partial charge in [-0.05, 0) is 61.7 Å². The Balaban J connectivity index is 1.43. The van der Waals surface area contributed by atoms with Crippen molar-refractivity contribution in [2.75, 3.05) is 13.2 Å². The summed E-state index contributed by atoms with van der Waals surface area (Å²) in [6.45, 7) is 6.79. The normalized spacial score (nSPS) is 14.1. The van der Waals surface area contributed by atoms with Crippen molar-refractivity contribution in [2.24, 2.45) is 0 Å². The number of carboxylic acid groups (broad SMARTS) is 1. The second-order valence-electron chi connectivity index (χ2n) is 10.6. The van der Waals surface area contributed by atoms with Crippen molar-refractivity contribution < 1.29 is 19.4 Å². The minimum absolute atomic E-state index is 0.0586. The molecule has 2 aromatic carbocycles. The third-order valence-electron chi connectivity index (χ3n) is 7.27. The van der Waals surface area contributed by atoms with Gasteiger partial charge in [0.25, 0.3) is 5.91 Å². The van der Waals surface area contributed by atoms with E-state index in [1.165, 1.54) is 11.8 Å². The maximum Gasteiger partial charge on any atom is 0.303 e. The van der Waals surface area contributed by atoms with Gasteiger partial charge in [0, 0.05) is 30.3 Å². The van der Waals surface area contributed by atoms with E-state index in [4.69, 9.17) is 27.2 Å². The lowest BCUT2D eigenvalue weighted by molar-refractivity contribution is -0.137. The fraction of sp³-hybridized carbons (Fsp3) is 0.353. The predicted molar refractivity (Wildman–Crippen MR) is 178 cm³/mol. The minimum atomic E-state index is -0.719. The van der Waals surface area contributed by atoms with Gasteiger partial charge in [0.2, 0.25) is 0 Å². The summed E-state index contributed by atoms with van der Waals surface area (Å²) < 4.78 is 8.15. The van der Waals surface area contributed by atoms with E-state index in [-0.39, 0.29) is 12.3 Å². The highest BCUT2D eigenvalue weighted by Crippen LogP contribution is 2.36. The molecular formula is C34H39N3O4S2. The third kappa shape index (κ3) is 9.15.